The number of hydrogen-bond donors (Lipinski definition) is 1. The molecule has 0 amide bonds. The maximum absolute atomic E-state index is 11.2. The number of rotatable bonds is 7. The van der Waals surface area contributed by atoms with Crippen LogP contribution in [0.25, 0.3) is 0 Å². The molecule has 5 nitrogen and oxygen atoms in total. The zero-order chi connectivity index (χ0) is 21.6. The van der Waals surface area contributed by atoms with Gasteiger partial charge in [0.2, 0.25) is 0 Å². The van der Waals surface area contributed by atoms with Crippen LogP contribution >= 0.6 is 11.6 Å². The normalized spacial score (nSPS) is 16.2. The number of nitrogens with zero attached hydrogens (tertiary/aromatic N) is 2. The summed E-state index contributed by atoms with van der Waals surface area (Å²) in [7, 11) is 0. The molecule has 1 unspecified atom stereocenters. The lowest BCUT2D eigenvalue weighted by Crippen LogP contribution is -2.37. The maximum atomic E-state index is 11.2. The number of aromatic carboxylic acids is 1. The quantitative estimate of drug-likeness (QED) is 0.551. The number of carbonyl (C=O) groups is 1. The average Bonchev–Trinajstić information content (AvgIpc) is 2.79. The summed E-state index contributed by atoms with van der Waals surface area (Å²) in [4.78, 5) is 17.8. The summed E-state index contributed by atoms with van der Waals surface area (Å²) < 4.78 is 6.59. The molecule has 0 saturated carbocycles. The number of ether oxygens (including phenoxy) is 1. The molecule has 6 heteroatoms. The van der Waals surface area contributed by atoms with Crippen molar-refractivity contribution in [3.63, 3.8) is 0 Å². The highest BCUT2D eigenvalue weighted by molar-refractivity contribution is 6.30. The molecule has 2 heterocycles. The summed E-state index contributed by atoms with van der Waals surface area (Å²) in [6, 6.07) is 21.2. The van der Waals surface area contributed by atoms with Crippen molar-refractivity contribution in [1.82, 2.24) is 9.88 Å². The fourth-order valence-corrected chi connectivity index (χ4v) is 4.17. The molecule has 0 bridgehead atoms. The third-order valence-corrected chi connectivity index (χ3v) is 5.80. The molecule has 1 atom stereocenters. The van der Waals surface area contributed by atoms with Gasteiger partial charge in [0.15, 0.2) is 0 Å². The first-order valence-electron chi connectivity index (χ1n) is 10.4. The molecule has 1 aliphatic rings. The van der Waals surface area contributed by atoms with Crippen molar-refractivity contribution in [3.05, 3.63) is 100 Å². The van der Waals surface area contributed by atoms with Crippen molar-refractivity contribution in [2.24, 2.45) is 0 Å². The minimum absolute atomic E-state index is 0.138. The van der Waals surface area contributed by atoms with Crippen LogP contribution in [-0.4, -0.2) is 40.2 Å². The first-order chi connectivity index (χ1) is 15.1. The van der Waals surface area contributed by atoms with Gasteiger partial charge in [-0.15, -0.1) is 0 Å². The number of carboxylic acid groups (broad SMARTS) is 1. The molecule has 1 saturated heterocycles. The molecule has 1 aliphatic heterocycles. The smallest absolute Gasteiger partial charge is 0.335 e. The van der Waals surface area contributed by atoms with E-state index in [9.17, 15) is 9.90 Å². The summed E-state index contributed by atoms with van der Waals surface area (Å²) in [5, 5.41) is 9.87. The van der Waals surface area contributed by atoms with Crippen LogP contribution in [0.5, 0.6) is 0 Å². The topological polar surface area (TPSA) is 62.7 Å². The summed E-state index contributed by atoms with van der Waals surface area (Å²) >= 11 is 6.24. The van der Waals surface area contributed by atoms with Crippen LogP contribution in [0.1, 0.15) is 46.1 Å². The zero-order valence-electron chi connectivity index (χ0n) is 17.2. The van der Waals surface area contributed by atoms with E-state index in [4.69, 9.17) is 16.3 Å². The van der Waals surface area contributed by atoms with E-state index in [1.807, 2.05) is 36.4 Å². The lowest BCUT2D eigenvalue weighted by Gasteiger charge is -2.34. The molecule has 1 aromatic heterocycles. The summed E-state index contributed by atoms with van der Waals surface area (Å²) in [5.74, 6) is -0.927. The first-order valence-corrected chi connectivity index (χ1v) is 10.8. The second-order valence-corrected chi connectivity index (χ2v) is 8.23. The highest BCUT2D eigenvalue weighted by Gasteiger charge is 2.25. The Balaban J connectivity index is 1.40. The first kappa shape index (κ1) is 21.5. The monoisotopic (exact) mass is 436 g/mol. The van der Waals surface area contributed by atoms with E-state index in [0.29, 0.717) is 11.6 Å². The second-order valence-electron chi connectivity index (χ2n) is 7.80. The van der Waals surface area contributed by atoms with Gasteiger partial charge in [0.05, 0.1) is 17.4 Å². The van der Waals surface area contributed by atoms with E-state index >= 15 is 0 Å². The molecule has 0 aliphatic carbocycles. The molecule has 0 spiro atoms. The third-order valence-electron chi connectivity index (χ3n) is 5.57. The van der Waals surface area contributed by atoms with Gasteiger partial charge in [-0.25, -0.2) is 4.79 Å². The van der Waals surface area contributed by atoms with Crippen molar-refractivity contribution in [1.29, 1.82) is 0 Å². The molecule has 0 radical (unpaired) electrons. The molecule has 2 aromatic carbocycles. The number of likely N-dealkylation sites (tertiary alicyclic amines) is 1. The van der Waals surface area contributed by atoms with Crippen LogP contribution in [0, 0.1) is 0 Å². The predicted molar refractivity (Wildman–Crippen MR) is 120 cm³/mol. The van der Waals surface area contributed by atoms with Gasteiger partial charge in [-0.3, -0.25) is 9.88 Å². The van der Waals surface area contributed by atoms with Crippen LogP contribution < -0.4 is 0 Å². The standard InChI is InChI=1S/C25H25ClN2O3/c26-21-8-4-7-19(15-21)24(18-5-2-1-3-6-18)31-23-10-13-28(14-11-23)17-22-16-20(25(29)30)9-12-27-22/h1-9,12,15-16,23-24H,10-11,13-14,17H2,(H,29,30). The average molecular weight is 437 g/mol. The third kappa shape index (κ3) is 5.70. The minimum Gasteiger partial charge on any atom is -0.478 e. The van der Waals surface area contributed by atoms with Crippen molar-refractivity contribution in [2.75, 3.05) is 13.1 Å². The van der Waals surface area contributed by atoms with Gasteiger partial charge >= 0.3 is 5.97 Å². The summed E-state index contributed by atoms with van der Waals surface area (Å²) in [5.41, 5.74) is 3.22. The lowest BCUT2D eigenvalue weighted by atomic mass is 10.00. The number of hydrogen-bond acceptors (Lipinski definition) is 4. The molecular weight excluding hydrogens is 412 g/mol. The SMILES string of the molecule is O=C(O)c1ccnc(CN2CCC(OC(c3ccccc3)c3cccc(Cl)c3)CC2)c1. The molecule has 3 aromatic rings. The molecular formula is C25H25ClN2O3. The Labute approximate surface area is 187 Å². The van der Waals surface area contributed by atoms with E-state index in [-0.39, 0.29) is 17.8 Å². The van der Waals surface area contributed by atoms with Gasteiger partial charge < -0.3 is 9.84 Å². The van der Waals surface area contributed by atoms with Crippen molar-refractivity contribution >= 4 is 17.6 Å². The van der Waals surface area contributed by atoms with E-state index < -0.39 is 5.97 Å². The minimum atomic E-state index is -0.927. The number of aromatic nitrogens is 1. The number of halogens is 1. The molecule has 160 valence electrons. The van der Waals surface area contributed by atoms with Gasteiger partial charge in [0, 0.05) is 30.9 Å². The zero-order valence-corrected chi connectivity index (χ0v) is 17.9. The number of pyridine rings is 1. The van der Waals surface area contributed by atoms with Gasteiger partial charge in [0.1, 0.15) is 6.10 Å². The maximum Gasteiger partial charge on any atom is 0.335 e. The number of piperidine rings is 1. The molecule has 4 rings (SSSR count). The highest BCUT2D eigenvalue weighted by Crippen LogP contribution is 2.31. The van der Waals surface area contributed by atoms with Crippen LogP contribution in [0.15, 0.2) is 72.9 Å². The van der Waals surface area contributed by atoms with Gasteiger partial charge in [-0.1, -0.05) is 54.1 Å². The van der Waals surface area contributed by atoms with Crippen LogP contribution in [-0.2, 0) is 11.3 Å². The Kier molecular flexibility index (Phi) is 6.97. The van der Waals surface area contributed by atoms with E-state index in [1.165, 1.54) is 6.07 Å². The van der Waals surface area contributed by atoms with Gasteiger partial charge in [-0.2, -0.15) is 0 Å². The molecule has 31 heavy (non-hydrogen) atoms. The summed E-state index contributed by atoms with van der Waals surface area (Å²) in [6.07, 6.45) is 3.35. The summed E-state index contributed by atoms with van der Waals surface area (Å²) in [6.45, 7) is 2.39. The van der Waals surface area contributed by atoms with Crippen LogP contribution in [0.3, 0.4) is 0 Å². The Hall–Kier alpha value is -2.73. The molecule has 1 fully saturated rings. The predicted octanol–water partition coefficient (Wildman–Crippen LogP) is 5.20. The number of benzene rings is 2. The largest absolute Gasteiger partial charge is 0.478 e. The highest BCUT2D eigenvalue weighted by atomic mass is 35.5. The second kappa shape index (κ2) is 10.1. The van der Waals surface area contributed by atoms with Crippen LogP contribution in [0.2, 0.25) is 5.02 Å². The van der Waals surface area contributed by atoms with Gasteiger partial charge in [-0.05, 0) is 48.2 Å². The van der Waals surface area contributed by atoms with Crippen molar-refractivity contribution in [3.8, 4) is 0 Å². The molecule has 1 N–H and O–H groups in total. The number of carboxylic acids is 1. The van der Waals surface area contributed by atoms with E-state index in [0.717, 1.165) is 42.8 Å². The Morgan fingerprint density at radius 1 is 1.06 bits per heavy atom. The fraction of sp³-hybridized carbons (Fsp3) is 0.280. The Bertz CT molecular complexity index is 1020. The van der Waals surface area contributed by atoms with Crippen molar-refractivity contribution in [2.45, 2.75) is 31.6 Å². The fourth-order valence-electron chi connectivity index (χ4n) is 3.97. The van der Waals surface area contributed by atoms with Crippen LogP contribution in [0.4, 0.5) is 0 Å². The van der Waals surface area contributed by atoms with E-state index in [1.54, 1.807) is 12.3 Å². The van der Waals surface area contributed by atoms with E-state index in [2.05, 4.69) is 28.1 Å². The Morgan fingerprint density at radius 2 is 1.81 bits per heavy atom. The lowest BCUT2D eigenvalue weighted by molar-refractivity contribution is -0.0283. The van der Waals surface area contributed by atoms with Crippen molar-refractivity contribution < 1.29 is 14.6 Å². The Morgan fingerprint density at radius 3 is 2.52 bits per heavy atom. The van der Waals surface area contributed by atoms with Gasteiger partial charge in [0.25, 0.3) is 0 Å².